The second-order valence-corrected chi connectivity index (χ2v) is 10.9. The smallest absolute Gasteiger partial charge is 0.406 e. The van der Waals surface area contributed by atoms with Crippen molar-refractivity contribution in [3.8, 4) is 5.75 Å². The molecule has 0 radical (unpaired) electrons. The molecular formula is C29H27ClF3N5O2. The number of fused-ring (bicyclic) bond motifs is 1. The van der Waals surface area contributed by atoms with Crippen LogP contribution >= 0.6 is 11.6 Å². The molecule has 11 heteroatoms. The molecule has 2 aliphatic heterocycles. The number of ketones is 1. The minimum absolute atomic E-state index is 0.0254. The van der Waals surface area contributed by atoms with E-state index in [1.165, 1.54) is 12.1 Å². The minimum Gasteiger partial charge on any atom is -0.406 e. The first-order chi connectivity index (χ1) is 19.1. The average molecular weight is 570 g/mol. The second-order valence-electron chi connectivity index (χ2n) is 10.5. The fourth-order valence-electron chi connectivity index (χ4n) is 5.72. The summed E-state index contributed by atoms with van der Waals surface area (Å²) in [7, 11) is 0. The minimum atomic E-state index is -4.69. The van der Waals surface area contributed by atoms with Crippen LogP contribution in [0.4, 0.5) is 24.5 Å². The lowest BCUT2D eigenvalue weighted by atomic mass is 9.72. The number of carbonyl (C=O) groups is 1. The number of anilines is 2. The molecule has 0 unspecified atom stereocenters. The average Bonchev–Trinajstić information content (AvgIpc) is 3.24. The van der Waals surface area contributed by atoms with E-state index < -0.39 is 6.36 Å². The van der Waals surface area contributed by atoms with E-state index in [0.29, 0.717) is 35.8 Å². The maximum absolute atomic E-state index is 13.1. The number of ether oxygens (including phenoxy) is 1. The van der Waals surface area contributed by atoms with Gasteiger partial charge in [0.05, 0.1) is 11.9 Å². The quantitative estimate of drug-likeness (QED) is 0.243. The van der Waals surface area contributed by atoms with E-state index in [2.05, 4.69) is 48.8 Å². The number of halogens is 4. The summed E-state index contributed by atoms with van der Waals surface area (Å²) < 4.78 is 42.8. The topological polar surface area (TPSA) is 63.0 Å². The van der Waals surface area contributed by atoms with Gasteiger partial charge in [-0.15, -0.1) is 13.2 Å². The summed E-state index contributed by atoms with van der Waals surface area (Å²) >= 11 is 6.05. The first-order valence-electron chi connectivity index (χ1n) is 13.1. The van der Waals surface area contributed by atoms with E-state index in [1.807, 2.05) is 6.92 Å². The molecule has 2 aromatic carbocycles. The van der Waals surface area contributed by atoms with Gasteiger partial charge in [0, 0.05) is 55.6 Å². The van der Waals surface area contributed by atoms with Crippen LogP contribution in [0.3, 0.4) is 0 Å². The van der Waals surface area contributed by atoms with Gasteiger partial charge >= 0.3 is 6.36 Å². The van der Waals surface area contributed by atoms with Gasteiger partial charge in [-0.3, -0.25) is 9.20 Å². The van der Waals surface area contributed by atoms with Crippen molar-refractivity contribution < 1.29 is 22.7 Å². The van der Waals surface area contributed by atoms with Gasteiger partial charge in [0.1, 0.15) is 16.6 Å². The molecule has 0 saturated carbocycles. The highest BCUT2D eigenvalue weighted by Crippen LogP contribution is 2.44. The lowest BCUT2D eigenvalue weighted by molar-refractivity contribution is -0.274. The Hall–Kier alpha value is -3.79. The summed E-state index contributed by atoms with van der Waals surface area (Å²) in [6, 6.07) is 14.4. The summed E-state index contributed by atoms with van der Waals surface area (Å²) in [4.78, 5) is 26.2. The zero-order valence-corrected chi connectivity index (χ0v) is 22.5. The number of hydrogen-bond donors (Lipinski definition) is 0. The Labute approximate surface area is 234 Å². The van der Waals surface area contributed by atoms with Crippen LogP contribution in [0.1, 0.15) is 35.1 Å². The molecule has 2 fully saturated rings. The molecule has 6 rings (SSSR count). The van der Waals surface area contributed by atoms with Crippen LogP contribution in [0, 0.1) is 5.41 Å². The third kappa shape index (κ3) is 5.20. The first-order valence-corrected chi connectivity index (χ1v) is 13.5. The van der Waals surface area contributed by atoms with Crippen molar-refractivity contribution in [2.24, 2.45) is 5.41 Å². The van der Waals surface area contributed by atoms with Crippen LogP contribution in [-0.2, 0) is 12.8 Å². The molecule has 208 valence electrons. The highest BCUT2D eigenvalue weighted by Gasteiger charge is 2.51. The van der Waals surface area contributed by atoms with Gasteiger partial charge in [0.25, 0.3) is 0 Å². The fraction of sp³-hybridized carbons (Fsp3) is 0.345. The number of Topliss-reactive ketones (excluding diaryl/α,β-unsaturated/α-hetero) is 1. The lowest BCUT2D eigenvalue weighted by Crippen LogP contribution is -2.72. The number of benzene rings is 2. The van der Waals surface area contributed by atoms with Crippen molar-refractivity contribution in [1.29, 1.82) is 0 Å². The Morgan fingerprint density at radius 2 is 1.60 bits per heavy atom. The van der Waals surface area contributed by atoms with E-state index in [1.54, 1.807) is 28.9 Å². The molecule has 0 atom stereocenters. The van der Waals surface area contributed by atoms with E-state index in [0.717, 1.165) is 48.8 Å². The number of alkyl halides is 3. The summed E-state index contributed by atoms with van der Waals surface area (Å²) in [6.07, 6.45) is 0.163. The van der Waals surface area contributed by atoms with E-state index in [-0.39, 0.29) is 16.9 Å². The van der Waals surface area contributed by atoms with Gasteiger partial charge in [-0.25, -0.2) is 9.97 Å². The Morgan fingerprint density at radius 1 is 1.00 bits per heavy atom. The Bertz CT molecular complexity index is 1540. The third-order valence-electron chi connectivity index (χ3n) is 7.63. The van der Waals surface area contributed by atoms with Crippen LogP contribution in [0.5, 0.6) is 5.75 Å². The summed E-state index contributed by atoms with van der Waals surface area (Å²) in [5, 5.41) is 0.313. The number of carbonyl (C=O) groups excluding carboxylic acids is 1. The number of hydrogen-bond acceptors (Lipinski definition) is 6. The molecule has 0 bridgehead atoms. The predicted molar refractivity (Wildman–Crippen MR) is 146 cm³/mol. The molecule has 2 saturated heterocycles. The van der Waals surface area contributed by atoms with Gasteiger partial charge in [-0.1, -0.05) is 30.7 Å². The normalized spacial score (nSPS) is 16.2. The van der Waals surface area contributed by atoms with Crippen molar-refractivity contribution in [2.45, 2.75) is 32.5 Å². The van der Waals surface area contributed by atoms with Crippen LogP contribution in [0.15, 0.2) is 60.9 Å². The molecule has 0 aliphatic carbocycles. The maximum atomic E-state index is 13.1. The van der Waals surface area contributed by atoms with Crippen molar-refractivity contribution in [1.82, 2.24) is 14.4 Å². The van der Waals surface area contributed by atoms with Crippen LogP contribution in [0.25, 0.3) is 5.65 Å². The number of rotatable bonds is 8. The van der Waals surface area contributed by atoms with Gasteiger partial charge in [0.15, 0.2) is 11.4 Å². The largest absolute Gasteiger partial charge is 0.573 e. The summed E-state index contributed by atoms with van der Waals surface area (Å²) in [5.74, 6) is -0.185. The van der Waals surface area contributed by atoms with Gasteiger partial charge < -0.3 is 14.5 Å². The Morgan fingerprint density at radius 3 is 2.17 bits per heavy atom. The lowest BCUT2D eigenvalue weighted by Gasteiger charge is -2.61. The molecule has 4 heterocycles. The van der Waals surface area contributed by atoms with Gasteiger partial charge in [-0.05, 0) is 54.8 Å². The molecular weight excluding hydrogens is 543 g/mol. The van der Waals surface area contributed by atoms with E-state index >= 15 is 0 Å². The molecule has 2 aromatic heterocycles. The molecule has 4 aromatic rings. The number of imidazole rings is 1. The molecule has 7 nitrogen and oxygen atoms in total. The highest BCUT2D eigenvalue weighted by molar-refractivity contribution is 6.29. The molecule has 1 spiro atoms. The second kappa shape index (κ2) is 9.99. The summed E-state index contributed by atoms with van der Waals surface area (Å²) in [6.45, 7) is 5.58. The number of aryl methyl sites for hydroxylation is 2. The zero-order valence-electron chi connectivity index (χ0n) is 21.8. The van der Waals surface area contributed by atoms with Crippen LogP contribution in [0.2, 0.25) is 5.15 Å². The van der Waals surface area contributed by atoms with Gasteiger partial charge in [0.2, 0.25) is 0 Å². The van der Waals surface area contributed by atoms with E-state index in [9.17, 15) is 18.0 Å². The van der Waals surface area contributed by atoms with Crippen LogP contribution < -0.4 is 14.5 Å². The fourth-order valence-corrected chi connectivity index (χ4v) is 5.87. The summed E-state index contributed by atoms with van der Waals surface area (Å²) in [5.41, 5.74) is 5.27. The predicted octanol–water partition coefficient (Wildman–Crippen LogP) is 5.99. The standard InChI is InChI=1S/C29H27ClF3N5O2/c1-2-23-27(38-14-25(30)34-13-26(38)35-23)24(39)12-5-19-3-6-20(7-4-19)36-15-28(16-36)17-37(18-28)21-8-10-22(11-9-21)40-29(31,32)33/h3-4,6-11,13-14H,2,5,12,15-18H2,1H3. The van der Waals surface area contributed by atoms with Crippen molar-refractivity contribution in [3.63, 3.8) is 0 Å². The van der Waals surface area contributed by atoms with Crippen molar-refractivity contribution >= 4 is 34.4 Å². The molecule has 0 amide bonds. The highest BCUT2D eigenvalue weighted by atomic mass is 35.5. The molecule has 2 aliphatic rings. The zero-order chi connectivity index (χ0) is 28.1. The Balaban J connectivity index is 1.01. The first kappa shape index (κ1) is 26.4. The maximum Gasteiger partial charge on any atom is 0.573 e. The SMILES string of the molecule is CCc1nc2cnc(Cl)cn2c1C(=O)CCc1ccc(N2CC3(C2)CN(c2ccc(OC(F)(F)F)cc2)C3)cc1. The monoisotopic (exact) mass is 569 g/mol. The third-order valence-corrected chi connectivity index (χ3v) is 7.83. The molecule has 40 heavy (non-hydrogen) atoms. The van der Waals surface area contributed by atoms with Gasteiger partial charge in [-0.2, -0.15) is 0 Å². The molecule has 0 N–H and O–H groups in total. The number of nitrogens with zero attached hydrogens (tertiary/aromatic N) is 5. The van der Waals surface area contributed by atoms with Crippen LogP contribution in [-0.4, -0.2) is 52.7 Å². The van der Waals surface area contributed by atoms with Crippen molar-refractivity contribution in [2.75, 3.05) is 36.0 Å². The van der Waals surface area contributed by atoms with Crippen molar-refractivity contribution in [3.05, 3.63) is 83.0 Å². The van der Waals surface area contributed by atoms with E-state index in [4.69, 9.17) is 11.6 Å². The Kier molecular flexibility index (Phi) is 6.60. The number of aromatic nitrogens is 3.